The van der Waals surface area contributed by atoms with Gasteiger partial charge in [-0.15, -0.1) is 0 Å². The van der Waals surface area contributed by atoms with Crippen LogP contribution in [0.4, 0.5) is 0 Å². The Bertz CT molecular complexity index is 1000. The Hall–Kier alpha value is -3.03. The number of ether oxygens (including phenoxy) is 3. The summed E-state index contributed by atoms with van der Waals surface area (Å²) in [6.07, 6.45) is 0. The molecule has 0 spiro atoms. The van der Waals surface area contributed by atoms with Crippen molar-refractivity contribution < 1.29 is 28.9 Å². The minimum absolute atomic E-state index is 0.00787. The molecule has 1 amide bonds. The molecule has 31 heavy (non-hydrogen) atoms. The number of likely N-dealkylation sites (tertiary alicyclic amines) is 1. The van der Waals surface area contributed by atoms with Crippen LogP contribution in [0.2, 0.25) is 5.02 Å². The molecule has 1 atom stereocenters. The maximum atomic E-state index is 12.9. The lowest BCUT2D eigenvalue weighted by molar-refractivity contribution is -0.140. The van der Waals surface area contributed by atoms with E-state index in [0.29, 0.717) is 34.3 Å². The zero-order valence-electron chi connectivity index (χ0n) is 17.6. The molecular weight excluding hydrogens is 422 g/mol. The monoisotopic (exact) mass is 445 g/mol. The summed E-state index contributed by atoms with van der Waals surface area (Å²) in [7, 11) is 3.07. The summed E-state index contributed by atoms with van der Waals surface area (Å²) in [6.45, 7) is 2.71. The number of nitrogens with zero attached hydrogens (tertiary/aromatic N) is 1. The lowest BCUT2D eigenvalue weighted by Crippen LogP contribution is -2.32. The molecule has 0 saturated carbocycles. The number of carbonyl (C=O) groups is 2. The van der Waals surface area contributed by atoms with E-state index in [9.17, 15) is 14.7 Å². The fourth-order valence-corrected chi connectivity index (χ4v) is 3.74. The number of carbonyl (C=O) groups excluding carboxylic acids is 2. The number of hydrogen-bond donors (Lipinski definition) is 1. The van der Waals surface area contributed by atoms with Gasteiger partial charge < -0.3 is 24.2 Å². The van der Waals surface area contributed by atoms with Gasteiger partial charge in [0.25, 0.3) is 11.7 Å². The van der Waals surface area contributed by atoms with Crippen LogP contribution in [-0.2, 0) is 14.3 Å². The predicted octanol–water partition coefficient (Wildman–Crippen LogP) is 3.82. The molecule has 164 valence electrons. The van der Waals surface area contributed by atoms with Crippen molar-refractivity contribution in [1.82, 2.24) is 4.90 Å². The van der Waals surface area contributed by atoms with Crippen molar-refractivity contribution >= 4 is 29.1 Å². The molecule has 1 fully saturated rings. The third-order valence-electron chi connectivity index (χ3n) is 5.01. The maximum Gasteiger partial charge on any atom is 0.295 e. The lowest BCUT2D eigenvalue weighted by Gasteiger charge is -2.25. The first-order chi connectivity index (χ1) is 14.9. The average Bonchev–Trinajstić information content (AvgIpc) is 3.03. The second-order valence-electron chi connectivity index (χ2n) is 6.84. The van der Waals surface area contributed by atoms with E-state index >= 15 is 0 Å². The second-order valence-corrected chi connectivity index (χ2v) is 7.24. The highest BCUT2D eigenvalue weighted by molar-refractivity contribution is 6.46. The minimum Gasteiger partial charge on any atom is -0.507 e. The fourth-order valence-electron chi connectivity index (χ4n) is 3.51. The number of halogens is 1. The van der Waals surface area contributed by atoms with Crippen LogP contribution in [0.3, 0.4) is 0 Å². The van der Waals surface area contributed by atoms with Gasteiger partial charge in [0.05, 0.1) is 37.0 Å². The van der Waals surface area contributed by atoms with Crippen LogP contribution in [0, 0.1) is 0 Å². The van der Waals surface area contributed by atoms with Crippen LogP contribution < -0.4 is 9.47 Å². The molecule has 1 unspecified atom stereocenters. The maximum absolute atomic E-state index is 12.9. The lowest BCUT2D eigenvalue weighted by atomic mass is 9.95. The van der Waals surface area contributed by atoms with Gasteiger partial charge >= 0.3 is 0 Å². The topological polar surface area (TPSA) is 85.3 Å². The van der Waals surface area contributed by atoms with Crippen LogP contribution in [0.1, 0.15) is 24.1 Å². The Labute approximate surface area is 185 Å². The molecule has 1 saturated heterocycles. The van der Waals surface area contributed by atoms with E-state index in [1.54, 1.807) is 43.5 Å². The van der Waals surface area contributed by atoms with Crippen LogP contribution in [0.5, 0.6) is 11.5 Å². The van der Waals surface area contributed by atoms with Gasteiger partial charge in [0.1, 0.15) is 17.3 Å². The molecule has 1 heterocycles. The fraction of sp³-hybridized carbons (Fsp3) is 0.304. The van der Waals surface area contributed by atoms with E-state index in [-0.39, 0.29) is 24.5 Å². The summed E-state index contributed by atoms with van der Waals surface area (Å²) in [5.74, 6) is -0.663. The number of amides is 1. The molecule has 1 N–H and O–H groups in total. The van der Waals surface area contributed by atoms with E-state index in [0.717, 1.165) is 0 Å². The van der Waals surface area contributed by atoms with E-state index in [1.807, 2.05) is 6.92 Å². The highest BCUT2D eigenvalue weighted by Gasteiger charge is 2.45. The number of Topliss-reactive ketones (excluding diaryl/α,β-unsaturated/α-hetero) is 1. The van der Waals surface area contributed by atoms with Gasteiger partial charge in [-0.3, -0.25) is 9.59 Å². The van der Waals surface area contributed by atoms with Crippen LogP contribution in [-0.4, -0.2) is 55.7 Å². The summed E-state index contributed by atoms with van der Waals surface area (Å²) >= 11 is 6.26. The van der Waals surface area contributed by atoms with Gasteiger partial charge in [0.15, 0.2) is 0 Å². The van der Waals surface area contributed by atoms with Crippen LogP contribution in [0.25, 0.3) is 5.76 Å². The van der Waals surface area contributed by atoms with Crippen molar-refractivity contribution in [3.05, 3.63) is 64.2 Å². The Morgan fingerprint density at radius 1 is 1.13 bits per heavy atom. The number of aliphatic hydroxyl groups is 1. The Morgan fingerprint density at radius 3 is 2.42 bits per heavy atom. The highest BCUT2D eigenvalue weighted by atomic mass is 35.5. The van der Waals surface area contributed by atoms with Gasteiger partial charge in [-0.1, -0.05) is 23.7 Å². The number of aliphatic hydroxyl groups excluding tert-OH is 1. The number of rotatable bonds is 8. The molecule has 1 aliphatic rings. The average molecular weight is 446 g/mol. The molecule has 8 heteroatoms. The first-order valence-corrected chi connectivity index (χ1v) is 10.1. The molecule has 3 rings (SSSR count). The van der Waals surface area contributed by atoms with Gasteiger partial charge in [0.2, 0.25) is 0 Å². The van der Waals surface area contributed by atoms with Gasteiger partial charge in [-0.25, -0.2) is 0 Å². The first-order valence-electron chi connectivity index (χ1n) is 9.76. The molecule has 2 aromatic carbocycles. The van der Waals surface area contributed by atoms with Crippen molar-refractivity contribution in [2.75, 3.05) is 34.0 Å². The number of hydrogen-bond acceptors (Lipinski definition) is 6. The number of methoxy groups -OCH3 is 2. The van der Waals surface area contributed by atoms with Crippen molar-refractivity contribution in [2.24, 2.45) is 0 Å². The summed E-state index contributed by atoms with van der Waals surface area (Å²) in [5.41, 5.74) is 0.970. The molecule has 0 bridgehead atoms. The highest BCUT2D eigenvalue weighted by Crippen LogP contribution is 2.40. The molecule has 0 aliphatic carbocycles. The van der Waals surface area contributed by atoms with Crippen molar-refractivity contribution in [3.8, 4) is 11.5 Å². The molecule has 1 aliphatic heterocycles. The summed E-state index contributed by atoms with van der Waals surface area (Å²) in [4.78, 5) is 27.1. The van der Waals surface area contributed by atoms with Gasteiger partial charge in [-0.2, -0.15) is 0 Å². The van der Waals surface area contributed by atoms with Gasteiger partial charge in [-0.05, 0) is 42.8 Å². The largest absolute Gasteiger partial charge is 0.507 e. The molecule has 0 aromatic heterocycles. The van der Waals surface area contributed by atoms with Crippen molar-refractivity contribution in [2.45, 2.75) is 13.0 Å². The third-order valence-corrected chi connectivity index (χ3v) is 5.31. The Morgan fingerprint density at radius 2 is 1.84 bits per heavy atom. The normalized spacial score (nSPS) is 17.8. The SMILES string of the molecule is CCOc1ccc(/C(O)=C2/C(=O)C(=O)N(CCOC)C2c2ccc(OC)cc2)cc1Cl. The zero-order valence-corrected chi connectivity index (χ0v) is 18.3. The first kappa shape index (κ1) is 22.7. The van der Waals surface area contributed by atoms with E-state index in [2.05, 4.69) is 0 Å². The standard InChI is InChI=1S/C23H24ClNO6/c1-4-31-18-10-7-15(13-17(18)24)21(26)19-20(14-5-8-16(30-3)9-6-14)25(11-12-29-2)23(28)22(19)27/h5-10,13,20,26H,4,11-12H2,1-3H3/b21-19-. The predicted molar refractivity (Wildman–Crippen MR) is 117 cm³/mol. The Balaban J connectivity index is 2.12. The third kappa shape index (κ3) is 4.52. The molecule has 7 nitrogen and oxygen atoms in total. The van der Waals surface area contributed by atoms with E-state index < -0.39 is 17.7 Å². The summed E-state index contributed by atoms with van der Waals surface area (Å²) in [6, 6.07) is 10.9. The molecular formula is C23H24ClNO6. The summed E-state index contributed by atoms with van der Waals surface area (Å²) in [5, 5.41) is 11.3. The van der Waals surface area contributed by atoms with Crippen molar-refractivity contribution in [3.63, 3.8) is 0 Å². The second kappa shape index (κ2) is 9.85. The smallest absolute Gasteiger partial charge is 0.295 e. The quantitative estimate of drug-likeness (QED) is 0.378. The van der Waals surface area contributed by atoms with Gasteiger partial charge in [0, 0.05) is 19.2 Å². The number of ketones is 1. The minimum atomic E-state index is -0.772. The summed E-state index contributed by atoms with van der Waals surface area (Å²) < 4.78 is 15.7. The molecule has 2 aromatic rings. The van der Waals surface area contributed by atoms with E-state index in [4.69, 9.17) is 25.8 Å². The number of benzene rings is 2. The molecule has 0 radical (unpaired) electrons. The van der Waals surface area contributed by atoms with Crippen molar-refractivity contribution in [1.29, 1.82) is 0 Å². The van der Waals surface area contributed by atoms with Crippen LogP contribution in [0.15, 0.2) is 48.0 Å². The zero-order chi connectivity index (χ0) is 22.5. The Kier molecular flexibility index (Phi) is 7.20. The van der Waals surface area contributed by atoms with E-state index in [1.165, 1.54) is 18.1 Å². The van der Waals surface area contributed by atoms with Crippen LogP contribution >= 0.6 is 11.6 Å².